The van der Waals surface area contributed by atoms with Crippen LogP contribution in [0, 0.1) is 0 Å². The molecule has 2 fully saturated rings. The van der Waals surface area contributed by atoms with Gasteiger partial charge in [-0.25, -0.2) is 4.68 Å². The molecule has 4 heteroatoms. The van der Waals surface area contributed by atoms with E-state index < -0.39 is 0 Å². The molecule has 0 radical (unpaired) electrons. The normalized spacial score (nSPS) is 26.7. The van der Waals surface area contributed by atoms with Crippen LogP contribution in [0.3, 0.4) is 0 Å². The van der Waals surface area contributed by atoms with Crippen LogP contribution in [0.4, 0.5) is 0 Å². The van der Waals surface area contributed by atoms with Gasteiger partial charge in [0.05, 0.1) is 11.7 Å². The summed E-state index contributed by atoms with van der Waals surface area (Å²) >= 11 is 0. The van der Waals surface area contributed by atoms with Crippen LogP contribution in [-0.4, -0.2) is 38.5 Å². The van der Waals surface area contributed by atoms with Gasteiger partial charge in [0.2, 0.25) is 0 Å². The van der Waals surface area contributed by atoms with Crippen LogP contribution in [-0.2, 0) is 5.41 Å². The maximum atomic E-state index is 4.46. The minimum absolute atomic E-state index is 0.0696. The van der Waals surface area contributed by atoms with Gasteiger partial charge in [-0.3, -0.25) is 4.90 Å². The van der Waals surface area contributed by atoms with Crippen LogP contribution >= 0.6 is 0 Å². The third kappa shape index (κ3) is 3.61. The Hall–Kier alpha value is -1.94. The average Bonchev–Trinajstić information content (AvgIpc) is 3.19. The maximum absolute atomic E-state index is 4.46. The second-order valence-corrected chi connectivity index (χ2v) is 8.85. The molecular formula is C22H30N4. The van der Waals surface area contributed by atoms with Crippen molar-refractivity contribution in [2.75, 3.05) is 6.54 Å². The van der Waals surface area contributed by atoms with Crippen molar-refractivity contribution in [2.24, 2.45) is 0 Å². The number of fused-ring (bicyclic) bond motifs is 2. The van der Waals surface area contributed by atoms with Gasteiger partial charge in [0, 0.05) is 30.2 Å². The molecule has 4 rings (SSSR count). The van der Waals surface area contributed by atoms with Crippen LogP contribution < -0.4 is 0 Å². The number of nitrogens with zero attached hydrogens (tertiary/aromatic N) is 4. The Bertz CT molecular complexity index is 742. The zero-order chi connectivity index (χ0) is 18.1. The summed E-state index contributed by atoms with van der Waals surface area (Å²) < 4.78 is 2.14. The van der Waals surface area contributed by atoms with Crippen molar-refractivity contribution in [3.05, 3.63) is 53.9 Å². The molecule has 138 valence electrons. The maximum Gasteiger partial charge on any atom is 0.0880 e. The van der Waals surface area contributed by atoms with Crippen molar-refractivity contribution in [1.29, 1.82) is 0 Å². The molecule has 0 aliphatic carbocycles. The van der Waals surface area contributed by atoms with E-state index in [-0.39, 0.29) is 5.41 Å². The second kappa shape index (κ2) is 6.99. The molecular weight excluding hydrogens is 320 g/mol. The summed E-state index contributed by atoms with van der Waals surface area (Å²) in [5.74, 6) is 0. The van der Waals surface area contributed by atoms with Crippen molar-refractivity contribution in [1.82, 2.24) is 19.9 Å². The van der Waals surface area contributed by atoms with Gasteiger partial charge in [0.25, 0.3) is 0 Å². The zero-order valence-corrected chi connectivity index (χ0v) is 16.2. The third-order valence-electron chi connectivity index (χ3n) is 5.94. The van der Waals surface area contributed by atoms with Crippen LogP contribution in [0.5, 0.6) is 0 Å². The van der Waals surface area contributed by atoms with Crippen LogP contribution in [0.1, 0.15) is 63.8 Å². The van der Waals surface area contributed by atoms with E-state index in [0.717, 1.165) is 12.2 Å². The SMILES string of the molecule is CC(C)(C)c1cn(C2CC3CCC(C2)N3C/C=C/c2ccccc2)nn1. The van der Waals surface area contributed by atoms with Gasteiger partial charge in [-0.05, 0) is 31.2 Å². The molecule has 0 spiro atoms. The predicted molar refractivity (Wildman–Crippen MR) is 106 cm³/mol. The van der Waals surface area contributed by atoms with Crippen molar-refractivity contribution in [3.63, 3.8) is 0 Å². The molecule has 2 saturated heterocycles. The number of hydrogen-bond donors (Lipinski definition) is 0. The van der Waals surface area contributed by atoms with Crippen LogP contribution in [0.25, 0.3) is 6.08 Å². The van der Waals surface area contributed by atoms with Gasteiger partial charge in [0.15, 0.2) is 0 Å². The molecule has 3 heterocycles. The van der Waals surface area contributed by atoms with E-state index in [2.05, 4.69) is 89.3 Å². The minimum Gasteiger partial charge on any atom is -0.294 e. The number of hydrogen-bond acceptors (Lipinski definition) is 3. The van der Waals surface area contributed by atoms with Gasteiger partial charge < -0.3 is 0 Å². The lowest BCUT2D eigenvalue weighted by Gasteiger charge is -2.38. The average molecular weight is 351 g/mol. The lowest BCUT2D eigenvalue weighted by molar-refractivity contribution is 0.115. The lowest BCUT2D eigenvalue weighted by Crippen LogP contribution is -2.43. The monoisotopic (exact) mass is 350 g/mol. The van der Waals surface area contributed by atoms with E-state index in [4.69, 9.17) is 0 Å². The number of benzene rings is 1. The summed E-state index contributed by atoms with van der Waals surface area (Å²) in [5, 5.41) is 8.89. The molecule has 1 aromatic carbocycles. The first-order chi connectivity index (χ1) is 12.5. The number of rotatable bonds is 4. The Kier molecular flexibility index (Phi) is 4.70. The van der Waals surface area contributed by atoms with E-state index in [9.17, 15) is 0 Å². The molecule has 0 N–H and O–H groups in total. The largest absolute Gasteiger partial charge is 0.294 e. The number of piperidine rings is 1. The Balaban J connectivity index is 1.40. The van der Waals surface area contributed by atoms with Gasteiger partial charge >= 0.3 is 0 Å². The number of aromatic nitrogens is 3. The van der Waals surface area contributed by atoms with E-state index in [0.29, 0.717) is 18.1 Å². The van der Waals surface area contributed by atoms with E-state index in [1.807, 2.05) is 0 Å². The molecule has 4 nitrogen and oxygen atoms in total. The third-order valence-corrected chi connectivity index (χ3v) is 5.94. The summed E-state index contributed by atoms with van der Waals surface area (Å²) in [7, 11) is 0. The molecule has 2 unspecified atom stereocenters. The zero-order valence-electron chi connectivity index (χ0n) is 16.2. The van der Waals surface area contributed by atoms with E-state index in [1.54, 1.807) is 0 Å². The topological polar surface area (TPSA) is 34.0 Å². The Morgan fingerprint density at radius 2 is 1.73 bits per heavy atom. The fraction of sp³-hybridized carbons (Fsp3) is 0.545. The van der Waals surface area contributed by atoms with Gasteiger partial charge in [0.1, 0.15) is 0 Å². The molecule has 0 saturated carbocycles. The summed E-state index contributed by atoms with van der Waals surface area (Å²) in [6, 6.07) is 12.5. The van der Waals surface area contributed by atoms with Gasteiger partial charge in [-0.15, -0.1) is 5.10 Å². The molecule has 2 aliphatic heterocycles. The molecule has 2 atom stereocenters. The summed E-state index contributed by atoms with van der Waals surface area (Å²) in [6.07, 6.45) is 11.8. The summed E-state index contributed by atoms with van der Waals surface area (Å²) in [6.45, 7) is 7.66. The lowest BCUT2D eigenvalue weighted by atomic mass is 9.93. The Morgan fingerprint density at radius 3 is 2.35 bits per heavy atom. The predicted octanol–water partition coefficient (Wildman–Crippen LogP) is 4.46. The summed E-state index contributed by atoms with van der Waals surface area (Å²) in [4.78, 5) is 2.71. The first-order valence-corrected chi connectivity index (χ1v) is 9.90. The highest BCUT2D eigenvalue weighted by molar-refractivity contribution is 5.48. The van der Waals surface area contributed by atoms with Gasteiger partial charge in [-0.2, -0.15) is 0 Å². The molecule has 2 bridgehead atoms. The van der Waals surface area contributed by atoms with Crippen molar-refractivity contribution in [3.8, 4) is 0 Å². The fourth-order valence-corrected chi connectivity index (χ4v) is 4.43. The van der Waals surface area contributed by atoms with Crippen molar-refractivity contribution >= 4 is 6.08 Å². The fourth-order valence-electron chi connectivity index (χ4n) is 4.43. The van der Waals surface area contributed by atoms with Crippen molar-refractivity contribution in [2.45, 2.75) is 70.0 Å². The Morgan fingerprint density at radius 1 is 1.04 bits per heavy atom. The van der Waals surface area contributed by atoms with Gasteiger partial charge in [-0.1, -0.05) is 68.5 Å². The first kappa shape index (κ1) is 17.5. The highest BCUT2D eigenvalue weighted by atomic mass is 15.4. The standard InChI is InChI=1S/C22H30N4/c1-22(2,3)21-16-26(24-23-21)20-14-18-11-12-19(15-20)25(18)13-7-10-17-8-5-4-6-9-17/h4-10,16,18-20H,11-15H2,1-3H3/b10-7+. The second-order valence-electron chi connectivity index (χ2n) is 8.85. The van der Waals surface area contributed by atoms with Crippen LogP contribution in [0.15, 0.2) is 42.6 Å². The molecule has 2 aliphatic rings. The van der Waals surface area contributed by atoms with E-state index >= 15 is 0 Å². The summed E-state index contributed by atoms with van der Waals surface area (Å²) in [5.41, 5.74) is 2.45. The molecule has 0 amide bonds. The molecule has 1 aromatic heterocycles. The highest BCUT2D eigenvalue weighted by Crippen LogP contribution is 2.40. The smallest absolute Gasteiger partial charge is 0.0880 e. The highest BCUT2D eigenvalue weighted by Gasteiger charge is 2.41. The molecule has 26 heavy (non-hydrogen) atoms. The van der Waals surface area contributed by atoms with Crippen LogP contribution in [0.2, 0.25) is 0 Å². The first-order valence-electron chi connectivity index (χ1n) is 9.90. The van der Waals surface area contributed by atoms with Crippen molar-refractivity contribution < 1.29 is 0 Å². The Labute approximate surface area is 156 Å². The minimum atomic E-state index is 0.0696. The molecule has 2 aromatic rings. The van der Waals surface area contributed by atoms with E-state index in [1.165, 1.54) is 31.2 Å². The quantitative estimate of drug-likeness (QED) is 0.816.